The van der Waals surface area contributed by atoms with Crippen LogP contribution in [-0.2, 0) is 4.74 Å². The van der Waals surface area contributed by atoms with Gasteiger partial charge in [-0.15, -0.1) is 0 Å². The second-order valence-electron chi connectivity index (χ2n) is 3.26. The Morgan fingerprint density at radius 1 is 1.60 bits per heavy atom. The molecular formula is C7H15NO2. The highest BCUT2D eigenvalue weighted by Gasteiger charge is 2.32. The number of ether oxygens (including phenoxy) is 1. The van der Waals surface area contributed by atoms with Crippen LogP contribution in [0.1, 0.15) is 6.42 Å². The SMILES string of the molecule is CN(C)CC1(O)CCOC1. The van der Waals surface area contributed by atoms with Crippen molar-refractivity contribution in [2.75, 3.05) is 33.9 Å². The molecule has 60 valence electrons. The van der Waals surface area contributed by atoms with Gasteiger partial charge in [0, 0.05) is 19.6 Å². The Morgan fingerprint density at radius 2 is 2.30 bits per heavy atom. The first-order valence-corrected chi connectivity index (χ1v) is 3.57. The van der Waals surface area contributed by atoms with Crippen LogP contribution in [0.2, 0.25) is 0 Å². The van der Waals surface area contributed by atoms with E-state index in [-0.39, 0.29) is 0 Å². The summed E-state index contributed by atoms with van der Waals surface area (Å²) >= 11 is 0. The van der Waals surface area contributed by atoms with Gasteiger partial charge in [-0.25, -0.2) is 0 Å². The first-order chi connectivity index (χ1) is 4.62. The Morgan fingerprint density at radius 3 is 2.70 bits per heavy atom. The molecule has 0 bridgehead atoms. The van der Waals surface area contributed by atoms with E-state index in [0.717, 1.165) is 6.42 Å². The molecule has 1 saturated heterocycles. The molecule has 3 nitrogen and oxygen atoms in total. The van der Waals surface area contributed by atoms with Gasteiger partial charge in [-0.3, -0.25) is 0 Å². The minimum absolute atomic E-state index is 0.491. The summed E-state index contributed by atoms with van der Waals surface area (Å²) < 4.78 is 5.08. The maximum absolute atomic E-state index is 9.70. The van der Waals surface area contributed by atoms with E-state index in [4.69, 9.17) is 4.74 Å². The predicted octanol–water partition coefficient (Wildman–Crippen LogP) is -0.301. The van der Waals surface area contributed by atoms with Crippen LogP contribution in [-0.4, -0.2) is 49.5 Å². The molecule has 0 radical (unpaired) electrons. The molecule has 3 heteroatoms. The minimum Gasteiger partial charge on any atom is -0.386 e. The molecule has 0 aromatic rings. The predicted molar refractivity (Wildman–Crippen MR) is 38.9 cm³/mol. The third kappa shape index (κ3) is 1.94. The number of aliphatic hydroxyl groups is 1. The number of nitrogens with zero attached hydrogens (tertiary/aromatic N) is 1. The van der Waals surface area contributed by atoms with E-state index in [0.29, 0.717) is 19.8 Å². The molecule has 1 fully saturated rings. The Bertz CT molecular complexity index is 108. The monoisotopic (exact) mass is 145 g/mol. The van der Waals surface area contributed by atoms with Crippen LogP contribution >= 0.6 is 0 Å². The Balaban J connectivity index is 2.36. The molecule has 1 aliphatic rings. The van der Waals surface area contributed by atoms with E-state index < -0.39 is 5.60 Å². The normalized spacial score (nSPS) is 33.6. The average molecular weight is 145 g/mol. The summed E-state index contributed by atoms with van der Waals surface area (Å²) in [4.78, 5) is 1.98. The van der Waals surface area contributed by atoms with Gasteiger partial charge >= 0.3 is 0 Å². The van der Waals surface area contributed by atoms with Crippen molar-refractivity contribution in [3.05, 3.63) is 0 Å². The average Bonchev–Trinajstić information content (AvgIpc) is 2.12. The van der Waals surface area contributed by atoms with Crippen LogP contribution in [0.5, 0.6) is 0 Å². The highest BCUT2D eigenvalue weighted by molar-refractivity contribution is 4.84. The summed E-state index contributed by atoms with van der Waals surface area (Å²) in [5.41, 5.74) is -0.580. The largest absolute Gasteiger partial charge is 0.386 e. The highest BCUT2D eigenvalue weighted by atomic mass is 16.5. The van der Waals surface area contributed by atoms with E-state index in [1.165, 1.54) is 0 Å². The van der Waals surface area contributed by atoms with Crippen LogP contribution < -0.4 is 0 Å². The number of hydrogen-bond donors (Lipinski definition) is 1. The highest BCUT2D eigenvalue weighted by Crippen LogP contribution is 2.18. The van der Waals surface area contributed by atoms with Gasteiger partial charge in [-0.05, 0) is 14.1 Å². The molecule has 10 heavy (non-hydrogen) atoms. The van der Waals surface area contributed by atoms with Gasteiger partial charge in [-0.1, -0.05) is 0 Å². The van der Waals surface area contributed by atoms with Crippen LogP contribution in [0.3, 0.4) is 0 Å². The molecule has 1 unspecified atom stereocenters. The van der Waals surface area contributed by atoms with Gasteiger partial charge in [0.2, 0.25) is 0 Å². The molecule has 0 spiro atoms. The maximum Gasteiger partial charge on any atom is 0.103 e. The van der Waals surface area contributed by atoms with E-state index in [9.17, 15) is 5.11 Å². The molecule has 0 aromatic carbocycles. The number of likely N-dealkylation sites (N-methyl/N-ethyl adjacent to an activating group) is 1. The maximum atomic E-state index is 9.70. The molecule has 1 heterocycles. The van der Waals surface area contributed by atoms with E-state index >= 15 is 0 Å². The fraction of sp³-hybridized carbons (Fsp3) is 1.00. The molecule has 1 atom stereocenters. The van der Waals surface area contributed by atoms with Crippen molar-refractivity contribution < 1.29 is 9.84 Å². The van der Waals surface area contributed by atoms with Crippen molar-refractivity contribution in [1.29, 1.82) is 0 Å². The fourth-order valence-electron chi connectivity index (χ4n) is 1.31. The first kappa shape index (κ1) is 7.98. The van der Waals surface area contributed by atoms with Crippen LogP contribution in [0.4, 0.5) is 0 Å². The van der Waals surface area contributed by atoms with E-state index in [2.05, 4.69) is 0 Å². The summed E-state index contributed by atoms with van der Waals surface area (Å²) in [5.74, 6) is 0. The molecule has 1 N–H and O–H groups in total. The lowest BCUT2D eigenvalue weighted by Gasteiger charge is -2.24. The smallest absolute Gasteiger partial charge is 0.103 e. The van der Waals surface area contributed by atoms with Gasteiger partial charge in [0.1, 0.15) is 5.60 Å². The summed E-state index contributed by atoms with van der Waals surface area (Å²) in [6, 6.07) is 0. The second kappa shape index (κ2) is 2.86. The Labute approximate surface area is 61.6 Å². The molecule has 0 aliphatic carbocycles. The molecule has 0 aromatic heterocycles. The fourth-order valence-corrected chi connectivity index (χ4v) is 1.31. The van der Waals surface area contributed by atoms with Crippen molar-refractivity contribution in [3.63, 3.8) is 0 Å². The minimum atomic E-state index is -0.580. The molecular weight excluding hydrogens is 130 g/mol. The lowest BCUT2D eigenvalue weighted by molar-refractivity contribution is 0.00630. The zero-order valence-electron chi connectivity index (χ0n) is 6.63. The summed E-state index contributed by atoms with van der Waals surface area (Å²) in [6.45, 7) is 1.89. The lowest BCUT2D eigenvalue weighted by atomic mass is 10.0. The van der Waals surface area contributed by atoms with E-state index in [1.54, 1.807) is 0 Å². The van der Waals surface area contributed by atoms with Gasteiger partial charge in [0.25, 0.3) is 0 Å². The first-order valence-electron chi connectivity index (χ1n) is 3.57. The third-order valence-electron chi connectivity index (χ3n) is 1.69. The molecule has 0 amide bonds. The van der Waals surface area contributed by atoms with Gasteiger partial charge in [-0.2, -0.15) is 0 Å². The van der Waals surface area contributed by atoms with Gasteiger partial charge < -0.3 is 14.7 Å². The third-order valence-corrected chi connectivity index (χ3v) is 1.69. The van der Waals surface area contributed by atoms with Crippen molar-refractivity contribution in [3.8, 4) is 0 Å². The van der Waals surface area contributed by atoms with E-state index in [1.807, 2.05) is 19.0 Å². The summed E-state index contributed by atoms with van der Waals surface area (Å²) in [5, 5.41) is 9.70. The zero-order chi connectivity index (χ0) is 7.61. The quantitative estimate of drug-likeness (QED) is 0.579. The second-order valence-corrected chi connectivity index (χ2v) is 3.26. The van der Waals surface area contributed by atoms with Crippen LogP contribution in [0, 0.1) is 0 Å². The van der Waals surface area contributed by atoms with Gasteiger partial charge in [0.05, 0.1) is 6.61 Å². The van der Waals surface area contributed by atoms with Crippen molar-refractivity contribution in [2.24, 2.45) is 0 Å². The molecule has 0 saturated carbocycles. The van der Waals surface area contributed by atoms with Gasteiger partial charge in [0.15, 0.2) is 0 Å². The Hall–Kier alpha value is -0.120. The van der Waals surface area contributed by atoms with Crippen molar-refractivity contribution in [2.45, 2.75) is 12.0 Å². The molecule has 1 aliphatic heterocycles. The zero-order valence-corrected chi connectivity index (χ0v) is 6.63. The summed E-state index contributed by atoms with van der Waals surface area (Å²) in [6.07, 6.45) is 0.769. The summed E-state index contributed by atoms with van der Waals surface area (Å²) in [7, 11) is 3.91. The molecule has 1 rings (SSSR count). The standard InChI is InChI=1S/C7H15NO2/c1-8(2)5-7(9)3-4-10-6-7/h9H,3-6H2,1-2H3. The van der Waals surface area contributed by atoms with Crippen LogP contribution in [0.25, 0.3) is 0 Å². The lowest BCUT2D eigenvalue weighted by Crippen LogP contribution is -2.40. The number of rotatable bonds is 2. The Kier molecular flexibility index (Phi) is 2.28. The van der Waals surface area contributed by atoms with Crippen molar-refractivity contribution >= 4 is 0 Å². The van der Waals surface area contributed by atoms with Crippen molar-refractivity contribution in [1.82, 2.24) is 4.90 Å². The van der Waals surface area contributed by atoms with Crippen LogP contribution in [0.15, 0.2) is 0 Å². The topological polar surface area (TPSA) is 32.7 Å². The number of hydrogen-bond acceptors (Lipinski definition) is 3.